The van der Waals surface area contributed by atoms with E-state index < -0.39 is 0 Å². The molecule has 0 unspecified atom stereocenters. The van der Waals surface area contributed by atoms with E-state index in [0.717, 1.165) is 30.1 Å². The first-order valence-electron chi connectivity index (χ1n) is 7.12. The third-order valence-electron chi connectivity index (χ3n) is 3.78. The minimum atomic E-state index is -0.188. The SMILES string of the molecule is Fc1cccc(CN2CC(c3nc(-c4cccs4)no3)C2)c1. The lowest BCUT2D eigenvalue weighted by Gasteiger charge is -2.37. The molecule has 1 aromatic carbocycles. The second-order valence-corrected chi connectivity index (χ2v) is 6.40. The van der Waals surface area contributed by atoms with Crippen molar-refractivity contribution in [3.63, 3.8) is 0 Å². The van der Waals surface area contributed by atoms with Crippen LogP contribution in [0, 0.1) is 5.82 Å². The molecule has 0 atom stereocenters. The second-order valence-electron chi connectivity index (χ2n) is 5.45. The van der Waals surface area contributed by atoms with Crippen LogP contribution in [0.4, 0.5) is 4.39 Å². The monoisotopic (exact) mass is 315 g/mol. The molecule has 0 bridgehead atoms. The van der Waals surface area contributed by atoms with Crippen molar-refractivity contribution in [2.24, 2.45) is 0 Å². The molecule has 112 valence electrons. The highest BCUT2D eigenvalue weighted by atomic mass is 32.1. The molecule has 4 rings (SSSR count). The Labute approximate surface area is 131 Å². The van der Waals surface area contributed by atoms with Gasteiger partial charge in [0.05, 0.1) is 10.8 Å². The van der Waals surface area contributed by atoms with E-state index in [1.165, 1.54) is 6.07 Å². The zero-order valence-corrected chi connectivity index (χ0v) is 12.6. The highest BCUT2D eigenvalue weighted by Gasteiger charge is 2.32. The molecule has 0 spiro atoms. The van der Waals surface area contributed by atoms with E-state index in [1.807, 2.05) is 23.6 Å². The molecule has 0 saturated carbocycles. The fraction of sp³-hybridized carbons (Fsp3) is 0.250. The van der Waals surface area contributed by atoms with Gasteiger partial charge < -0.3 is 4.52 Å². The first-order chi connectivity index (χ1) is 10.8. The predicted octanol–water partition coefficient (Wildman–Crippen LogP) is 3.54. The Bertz CT molecular complexity index is 765. The van der Waals surface area contributed by atoms with Crippen LogP contribution < -0.4 is 0 Å². The van der Waals surface area contributed by atoms with Crippen molar-refractivity contribution in [2.45, 2.75) is 12.5 Å². The molecule has 1 aliphatic heterocycles. The number of aromatic nitrogens is 2. The fourth-order valence-corrected chi connectivity index (χ4v) is 3.30. The van der Waals surface area contributed by atoms with Crippen molar-refractivity contribution >= 4 is 11.3 Å². The van der Waals surface area contributed by atoms with Crippen LogP contribution >= 0.6 is 11.3 Å². The van der Waals surface area contributed by atoms with Crippen LogP contribution in [0.25, 0.3) is 10.7 Å². The van der Waals surface area contributed by atoms with Gasteiger partial charge >= 0.3 is 0 Å². The van der Waals surface area contributed by atoms with Crippen LogP contribution in [-0.2, 0) is 6.54 Å². The third kappa shape index (κ3) is 2.67. The summed E-state index contributed by atoms with van der Waals surface area (Å²) in [5, 5.41) is 6.03. The highest BCUT2D eigenvalue weighted by Crippen LogP contribution is 2.29. The average Bonchev–Trinajstić information content (AvgIpc) is 3.13. The summed E-state index contributed by atoms with van der Waals surface area (Å²) in [6.07, 6.45) is 0. The molecule has 6 heteroatoms. The van der Waals surface area contributed by atoms with Crippen molar-refractivity contribution in [1.29, 1.82) is 0 Å². The van der Waals surface area contributed by atoms with Gasteiger partial charge in [-0.25, -0.2) is 4.39 Å². The molecule has 4 nitrogen and oxygen atoms in total. The molecule has 1 aliphatic rings. The predicted molar refractivity (Wildman–Crippen MR) is 82.0 cm³/mol. The minimum absolute atomic E-state index is 0.188. The van der Waals surface area contributed by atoms with Crippen LogP contribution in [0.15, 0.2) is 46.3 Å². The summed E-state index contributed by atoms with van der Waals surface area (Å²) in [6, 6.07) is 10.7. The largest absolute Gasteiger partial charge is 0.339 e. The molecule has 2 aromatic heterocycles. The summed E-state index contributed by atoms with van der Waals surface area (Å²) in [4.78, 5) is 7.74. The molecule has 3 aromatic rings. The second kappa shape index (κ2) is 5.62. The van der Waals surface area contributed by atoms with Gasteiger partial charge in [0.2, 0.25) is 11.7 Å². The van der Waals surface area contributed by atoms with Gasteiger partial charge in [0.25, 0.3) is 0 Å². The Hall–Kier alpha value is -2.05. The van der Waals surface area contributed by atoms with Crippen LogP contribution in [-0.4, -0.2) is 28.1 Å². The summed E-state index contributed by atoms with van der Waals surface area (Å²) in [5.74, 6) is 1.44. The molecule has 0 aliphatic carbocycles. The number of rotatable bonds is 4. The van der Waals surface area contributed by atoms with E-state index >= 15 is 0 Å². The van der Waals surface area contributed by atoms with E-state index in [2.05, 4.69) is 15.0 Å². The quantitative estimate of drug-likeness (QED) is 0.738. The van der Waals surface area contributed by atoms with E-state index in [9.17, 15) is 4.39 Å². The zero-order chi connectivity index (χ0) is 14.9. The smallest absolute Gasteiger partial charge is 0.232 e. The average molecular weight is 315 g/mol. The Morgan fingerprint density at radius 1 is 1.27 bits per heavy atom. The van der Waals surface area contributed by atoms with Gasteiger partial charge in [-0.05, 0) is 29.1 Å². The topological polar surface area (TPSA) is 42.2 Å². The standard InChI is InChI=1S/C16H14FN3OS/c17-13-4-1-3-11(7-13)8-20-9-12(10-20)16-18-15(19-21-16)14-5-2-6-22-14/h1-7,12H,8-10H2. The first-order valence-corrected chi connectivity index (χ1v) is 8.00. The molecule has 0 amide bonds. The maximum Gasteiger partial charge on any atom is 0.232 e. The summed E-state index contributed by atoms with van der Waals surface area (Å²) >= 11 is 1.60. The third-order valence-corrected chi connectivity index (χ3v) is 4.65. The minimum Gasteiger partial charge on any atom is -0.339 e. The number of hydrogen-bond donors (Lipinski definition) is 0. The molecule has 1 saturated heterocycles. The molecule has 0 N–H and O–H groups in total. The van der Waals surface area contributed by atoms with Crippen molar-refractivity contribution in [3.05, 3.63) is 59.0 Å². The number of halogens is 1. The van der Waals surface area contributed by atoms with Gasteiger partial charge in [-0.15, -0.1) is 11.3 Å². The first kappa shape index (κ1) is 13.6. The lowest BCUT2D eigenvalue weighted by atomic mass is 9.99. The van der Waals surface area contributed by atoms with Crippen molar-refractivity contribution < 1.29 is 8.91 Å². The Kier molecular flexibility index (Phi) is 3.48. The highest BCUT2D eigenvalue weighted by molar-refractivity contribution is 7.13. The molecule has 3 heterocycles. The Morgan fingerprint density at radius 3 is 2.95 bits per heavy atom. The van der Waals surface area contributed by atoms with E-state index in [1.54, 1.807) is 23.5 Å². The molecular weight excluding hydrogens is 301 g/mol. The molecule has 1 fully saturated rings. The van der Waals surface area contributed by atoms with Gasteiger partial charge in [0.1, 0.15) is 5.82 Å². The number of likely N-dealkylation sites (tertiary alicyclic amines) is 1. The summed E-state index contributed by atoms with van der Waals surface area (Å²) < 4.78 is 18.5. The van der Waals surface area contributed by atoms with E-state index in [0.29, 0.717) is 11.7 Å². The maximum absolute atomic E-state index is 13.2. The number of hydrogen-bond acceptors (Lipinski definition) is 5. The molecular formula is C16H14FN3OS. The Morgan fingerprint density at radius 2 is 2.18 bits per heavy atom. The molecule has 22 heavy (non-hydrogen) atoms. The zero-order valence-electron chi connectivity index (χ0n) is 11.8. The fourth-order valence-electron chi connectivity index (χ4n) is 2.66. The Balaban J connectivity index is 1.37. The lowest BCUT2D eigenvalue weighted by Crippen LogP contribution is -2.44. The normalized spacial score (nSPS) is 15.9. The van der Waals surface area contributed by atoms with Gasteiger partial charge in [-0.2, -0.15) is 4.98 Å². The van der Waals surface area contributed by atoms with Crippen LogP contribution in [0.1, 0.15) is 17.4 Å². The van der Waals surface area contributed by atoms with E-state index in [4.69, 9.17) is 4.52 Å². The summed E-state index contributed by atoms with van der Waals surface area (Å²) in [7, 11) is 0. The maximum atomic E-state index is 13.2. The van der Waals surface area contributed by atoms with Gasteiger partial charge in [-0.3, -0.25) is 4.90 Å². The van der Waals surface area contributed by atoms with E-state index in [-0.39, 0.29) is 11.7 Å². The van der Waals surface area contributed by atoms with Crippen molar-refractivity contribution in [1.82, 2.24) is 15.0 Å². The number of benzene rings is 1. The van der Waals surface area contributed by atoms with Gasteiger partial charge in [0.15, 0.2) is 0 Å². The number of thiophene rings is 1. The van der Waals surface area contributed by atoms with Gasteiger partial charge in [0, 0.05) is 19.6 Å². The molecule has 0 radical (unpaired) electrons. The lowest BCUT2D eigenvalue weighted by molar-refractivity contribution is 0.117. The van der Waals surface area contributed by atoms with Crippen LogP contribution in [0.2, 0.25) is 0 Å². The van der Waals surface area contributed by atoms with Crippen LogP contribution in [0.5, 0.6) is 0 Å². The summed E-state index contributed by atoms with van der Waals surface area (Å²) in [5.41, 5.74) is 0.989. The van der Waals surface area contributed by atoms with Crippen LogP contribution in [0.3, 0.4) is 0 Å². The van der Waals surface area contributed by atoms with Gasteiger partial charge in [-0.1, -0.05) is 23.4 Å². The van der Waals surface area contributed by atoms with Crippen molar-refractivity contribution in [3.8, 4) is 10.7 Å². The summed E-state index contributed by atoms with van der Waals surface area (Å²) in [6.45, 7) is 2.48. The number of nitrogens with zero attached hydrogens (tertiary/aromatic N) is 3. The van der Waals surface area contributed by atoms with Crippen molar-refractivity contribution in [2.75, 3.05) is 13.1 Å².